The van der Waals surface area contributed by atoms with Crippen LogP contribution in [0.1, 0.15) is 49.8 Å². The van der Waals surface area contributed by atoms with E-state index < -0.39 is 0 Å². The Kier molecular flexibility index (Phi) is 4.37. The zero-order valence-corrected chi connectivity index (χ0v) is 11.3. The van der Waals surface area contributed by atoms with Crippen molar-refractivity contribution in [3.05, 3.63) is 29.3 Å². The lowest BCUT2D eigenvalue weighted by Crippen LogP contribution is -2.21. The van der Waals surface area contributed by atoms with Crippen LogP contribution in [0.2, 0.25) is 0 Å². The number of rotatable bonds is 5. The molecule has 1 aliphatic heterocycles. The molecule has 1 heterocycles. The molecule has 1 aromatic rings. The number of carbonyl (C=O) groups excluding carboxylic acids is 1. The lowest BCUT2D eigenvalue weighted by Gasteiger charge is -2.21. The predicted octanol–water partition coefficient (Wildman–Crippen LogP) is 3.02. The van der Waals surface area contributed by atoms with E-state index >= 15 is 0 Å². The van der Waals surface area contributed by atoms with E-state index in [2.05, 4.69) is 29.7 Å². The number of amides is 1. The van der Waals surface area contributed by atoms with Gasteiger partial charge in [0.15, 0.2) is 0 Å². The minimum absolute atomic E-state index is 0.131. The van der Waals surface area contributed by atoms with Gasteiger partial charge >= 0.3 is 0 Å². The second-order valence-corrected chi connectivity index (χ2v) is 4.95. The van der Waals surface area contributed by atoms with Gasteiger partial charge in [0.1, 0.15) is 0 Å². The van der Waals surface area contributed by atoms with E-state index in [0.717, 1.165) is 18.5 Å². The van der Waals surface area contributed by atoms with Gasteiger partial charge in [0.25, 0.3) is 0 Å². The number of anilines is 1. The Morgan fingerprint density at radius 2 is 2.22 bits per heavy atom. The van der Waals surface area contributed by atoms with Crippen LogP contribution < -0.4 is 10.6 Å². The zero-order valence-electron chi connectivity index (χ0n) is 11.3. The molecule has 1 amide bonds. The van der Waals surface area contributed by atoms with Crippen LogP contribution in [0.3, 0.4) is 0 Å². The quantitative estimate of drug-likeness (QED) is 0.838. The standard InChI is InChI=1S/C15H22N2O/c1-3-4-5-13(16-2)11-6-8-14-12(10-11)7-9-15(18)17-14/h6,8,10,13,16H,3-5,7,9H2,1-2H3,(H,17,18). The number of carbonyl (C=O) groups is 1. The molecule has 1 atom stereocenters. The first-order chi connectivity index (χ1) is 8.74. The number of hydrogen-bond acceptors (Lipinski definition) is 2. The van der Waals surface area contributed by atoms with E-state index in [4.69, 9.17) is 0 Å². The molecule has 2 N–H and O–H groups in total. The smallest absolute Gasteiger partial charge is 0.224 e. The van der Waals surface area contributed by atoms with Crippen LogP contribution in [0.15, 0.2) is 18.2 Å². The molecule has 98 valence electrons. The summed E-state index contributed by atoms with van der Waals surface area (Å²) in [4.78, 5) is 11.3. The molecule has 0 saturated carbocycles. The topological polar surface area (TPSA) is 41.1 Å². The van der Waals surface area contributed by atoms with Crippen LogP contribution in [-0.4, -0.2) is 13.0 Å². The number of benzene rings is 1. The van der Waals surface area contributed by atoms with Gasteiger partial charge in [-0.1, -0.05) is 31.9 Å². The van der Waals surface area contributed by atoms with Gasteiger partial charge in [0.2, 0.25) is 5.91 Å². The summed E-state index contributed by atoms with van der Waals surface area (Å²) < 4.78 is 0. The highest BCUT2D eigenvalue weighted by Crippen LogP contribution is 2.27. The van der Waals surface area contributed by atoms with E-state index in [0.29, 0.717) is 12.5 Å². The van der Waals surface area contributed by atoms with E-state index in [1.807, 2.05) is 13.1 Å². The van der Waals surface area contributed by atoms with Crippen LogP contribution in [0, 0.1) is 0 Å². The number of aryl methyl sites for hydroxylation is 1. The number of fused-ring (bicyclic) bond motifs is 1. The van der Waals surface area contributed by atoms with Gasteiger partial charge in [-0.05, 0) is 37.1 Å². The van der Waals surface area contributed by atoms with E-state index in [-0.39, 0.29) is 5.91 Å². The molecule has 0 aliphatic carbocycles. The van der Waals surface area contributed by atoms with Crippen molar-refractivity contribution in [2.75, 3.05) is 12.4 Å². The fraction of sp³-hybridized carbons (Fsp3) is 0.533. The first-order valence-corrected chi connectivity index (χ1v) is 6.84. The lowest BCUT2D eigenvalue weighted by atomic mass is 9.95. The van der Waals surface area contributed by atoms with Crippen molar-refractivity contribution in [2.45, 2.75) is 45.1 Å². The average Bonchev–Trinajstić information content (AvgIpc) is 2.39. The van der Waals surface area contributed by atoms with Crippen LogP contribution in [0.5, 0.6) is 0 Å². The fourth-order valence-electron chi connectivity index (χ4n) is 2.51. The Labute approximate surface area is 109 Å². The maximum atomic E-state index is 11.3. The maximum absolute atomic E-state index is 11.3. The Morgan fingerprint density at radius 1 is 1.39 bits per heavy atom. The third-order valence-corrected chi connectivity index (χ3v) is 3.62. The first-order valence-electron chi connectivity index (χ1n) is 6.84. The van der Waals surface area contributed by atoms with Crippen molar-refractivity contribution < 1.29 is 4.79 Å². The molecule has 3 nitrogen and oxygen atoms in total. The van der Waals surface area contributed by atoms with E-state index in [1.54, 1.807) is 0 Å². The number of nitrogens with one attached hydrogen (secondary N) is 2. The summed E-state index contributed by atoms with van der Waals surface area (Å²) in [5.41, 5.74) is 3.59. The van der Waals surface area contributed by atoms with E-state index in [9.17, 15) is 4.79 Å². The molecule has 18 heavy (non-hydrogen) atoms. The van der Waals surface area contributed by atoms with Crippen molar-refractivity contribution in [1.29, 1.82) is 0 Å². The first kappa shape index (κ1) is 13.1. The van der Waals surface area contributed by atoms with E-state index in [1.165, 1.54) is 24.0 Å². The molecule has 0 spiro atoms. The van der Waals surface area contributed by atoms with Crippen LogP contribution in [0.4, 0.5) is 5.69 Å². The van der Waals surface area contributed by atoms with Crippen molar-refractivity contribution in [2.24, 2.45) is 0 Å². The summed E-state index contributed by atoms with van der Waals surface area (Å²) in [6, 6.07) is 6.83. The molecule has 2 rings (SSSR count). The monoisotopic (exact) mass is 246 g/mol. The molecule has 0 bridgehead atoms. The van der Waals surface area contributed by atoms with Gasteiger partial charge in [-0.3, -0.25) is 4.79 Å². The number of hydrogen-bond donors (Lipinski definition) is 2. The summed E-state index contributed by atoms with van der Waals surface area (Å²) in [5.74, 6) is 0.131. The SMILES string of the molecule is CCCCC(NC)c1ccc2c(c1)CCC(=O)N2. The normalized spacial score (nSPS) is 16.0. The van der Waals surface area contributed by atoms with Crippen LogP contribution in [-0.2, 0) is 11.2 Å². The molecule has 3 heteroatoms. The summed E-state index contributed by atoms with van der Waals surface area (Å²) in [6.07, 6.45) is 5.09. The van der Waals surface area contributed by atoms with Crippen molar-refractivity contribution in [1.82, 2.24) is 5.32 Å². The largest absolute Gasteiger partial charge is 0.326 e. The van der Waals surface area contributed by atoms with Gasteiger partial charge in [0, 0.05) is 18.2 Å². The molecule has 0 saturated heterocycles. The van der Waals surface area contributed by atoms with Gasteiger partial charge < -0.3 is 10.6 Å². The third-order valence-electron chi connectivity index (χ3n) is 3.62. The molecule has 1 unspecified atom stereocenters. The Hall–Kier alpha value is -1.35. The summed E-state index contributed by atoms with van der Waals surface area (Å²) >= 11 is 0. The molecule has 0 fully saturated rings. The van der Waals surface area contributed by atoms with Crippen molar-refractivity contribution >= 4 is 11.6 Å². The van der Waals surface area contributed by atoms with Gasteiger partial charge in [-0.15, -0.1) is 0 Å². The minimum atomic E-state index is 0.131. The van der Waals surface area contributed by atoms with Crippen LogP contribution >= 0.6 is 0 Å². The Balaban J connectivity index is 2.16. The van der Waals surface area contributed by atoms with Crippen LogP contribution in [0.25, 0.3) is 0 Å². The molecule has 1 aliphatic rings. The van der Waals surface area contributed by atoms with Gasteiger partial charge in [-0.2, -0.15) is 0 Å². The van der Waals surface area contributed by atoms with Crippen molar-refractivity contribution in [3.63, 3.8) is 0 Å². The van der Waals surface area contributed by atoms with Crippen molar-refractivity contribution in [3.8, 4) is 0 Å². The summed E-state index contributed by atoms with van der Waals surface area (Å²) in [5, 5.41) is 6.31. The second kappa shape index (κ2) is 6.01. The molecule has 0 aromatic heterocycles. The summed E-state index contributed by atoms with van der Waals surface area (Å²) in [6.45, 7) is 2.22. The highest BCUT2D eigenvalue weighted by molar-refractivity contribution is 5.93. The predicted molar refractivity (Wildman–Crippen MR) is 74.7 cm³/mol. The molecular formula is C15H22N2O. The minimum Gasteiger partial charge on any atom is -0.326 e. The lowest BCUT2D eigenvalue weighted by molar-refractivity contribution is -0.116. The highest BCUT2D eigenvalue weighted by atomic mass is 16.1. The van der Waals surface area contributed by atoms with Gasteiger partial charge in [-0.25, -0.2) is 0 Å². The fourth-order valence-corrected chi connectivity index (χ4v) is 2.51. The zero-order chi connectivity index (χ0) is 13.0. The highest BCUT2D eigenvalue weighted by Gasteiger charge is 2.16. The van der Waals surface area contributed by atoms with Gasteiger partial charge in [0.05, 0.1) is 0 Å². The summed E-state index contributed by atoms with van der Waals surface area (Å²) in [7, 11) is 2.02. The average molecular weight is 246 g/mol. The Morgan fingerprint density at radius 3 is 2.94 bits per heavy atom. The Bertz CT molecular complexity index is 429. The molecule has 1 aromatic carbocycles. The third kappa shape index (κ3) is 2.91. The molecule has 0 radical (unpaired) electrons. The molecular weight excluding hydrogens is 224 g/mol. The maximum Gasteiger partial charge on any atom is 0.224 e. The number of unbranched alkanes of at least 4 members (excludes halogenated alkanes) is 1. The second-order valence-electron chi connectivity index (χ2n) is 4.95.